The number of nitrogens with zero attached hydrogens (tertiary/aromatic N) is 2. The van der Waals surface area contributed by atoms with Crippen molar-refractivity contribution >= 4 is 27.0 Å². The zero-order valence-electron chi connectivity index (χ0n) is 11.9. The Labute approximate surface area is 131 Å². The van der Waals surface area contributed by atoms with Crippen LogP contribution < -0.4 is 5.76 Å². The van der Waals surface area contributed by atoms with E-state index in [-0.39, 0.29) is 5.76 Å². The summed E-state index contributed by atoms with van der Waals surface area (Å²) in [4.78, 5) is 14.7. The van der Waals surface area contributed by atoms with Crippen LogP contribution in [-0.2, 0) is 6.67 Å². The second kappa shape index (κ2) is 5.29. The molecule has 0 N–H and O–H groups in total. The molecular formula is C16H19BrN2O2. The van der Waals surface area contributed by atoms with Crippen LogP contribution in [0, 0.1) is 0 Å². The standard InChI is InChI=1S/C16H19BrN2O2/c17-11-5-8-14-15(9-11)21-16(20)19(14)10-18(13-6-7-13)12-3-1-2-4-12/h5,8-9,12-13H,1-4,6-7,10H2. The fourth-order valence-corrected chi connectivity index (χ4v) is 3.85. The van der Waals surface area contributed by atoms with E-state index in [0.29, 0.717) is 24.3 Å². The summed E-state index contributed by atoms with van der Waals surface area (Å²) in [5, 5.41) is 0. The van der Waals surface area contributed by atoms with Crippen molar-refractivity contribution in [2.75, 3.05) is 0 Å². The summed E-state index contributed by atoms with van der Waals surface area (Å²) in [6, 6.07) is 7.10. The van der Waals surface area contributed by atoms with E-state index >= 15 is 0 Å². The van der Waals surface area contributed by atoms with Crippen LogP contribution in [-0.4, -0.2) is 21.6 Å². The number of oxazole rings is 1. The Balaban J connectivity index is 1.68. The molecule has 0 radical (unpaired) electrons. The SMILES string of the molecule is O=c1oc2cc(Br)ccc2n1CN(C1CCCC1)C1CC1. The highest BCUT2D eigenvalue weighted by Crippen LogP contribution is 2.35. The predicted octanol–water partition coefficient (Wildman–Crippen LogP) is 3.72. The summed E-state index contributed by atoms with van der Waals surface area (Å²) in [5.41, 5.74) is 1.56. The van der Waals surface area contributed by atoms with Crippen molar-refractivity contribution in [2.45, 2.75) is 57.3 Å². The van der Waals surface area contributed by atoms with E-state index in [9.17, 15) is 4.79 Å². The van der Waals surface area contributed by atoms with Crippen molar-refractivity contribution < 1.29 is 4.42 Å². The first-order chi connectivity index (χ1) is 10.2. The van der Waals surface area contributed by atoms with Gasteiger partial charge in [-0.05, 0) is 43.9 Å². The van der Waals surface area contributed by atoms with Crippen LogP contribution in [0.4, 0.5) is 0 Å². The first-order valence-electron chi connectivity index (χ1n) is 7.77. The smallest absolute Gasteiger partial charge is 0.408 e. The lowest BCUT2D eigenvalue weighted by molar-refractivity contribution is 0.140. The molecule has 4 rings (SSSR count). The van der Waals surface area contributed by atoms with Crippen molar-refractivity contribution in [3.63, 3.8) is 0 Å². The number of halogens is 1. The molecule has 1 aromatic carbocycles. The maximum atomic E-state index is 12.2. The number of rotatable bonds is 4. The molecular weight excluding hydrogens is 332 g/mol. The quantitative estimate of drug-likeness (QED) is 0.843. The summed E-state index contributed by atoms with van der Waals surface area (Å²) in [6.45, 7) is 0.669. The van der Waals surface area contributed by atoms with Crippen molar-refractivity contribution in [3.05, 3.63) is 33.2 Å². The van der Waals surface area contributed by atoms with Gasteiger partial charge in [-0.15, -0.1) is 0 Å². The Morgan fingerprint density at radius 1 is 1.19 bits per heavy atom. The van der Waals surface area contributed by atoms with E-state index in [1.165, 1.54) is 38.5 Å². The third-order valence-corrected chi connectivity index (χ3v) is 5.24. The van der Waals surface area contributed by atoms with Gasteiger partial charge in [-0.1, -0.05) is 28.8 Å². The molecule has 2 aliphatic carbocycles. The minimum Gasteiger partial charge on any atom is -0.408 e. The van der Waals surface area contributed by atoms with Crippen molar-refractivity contribution in [2.24, 2.45) is 0 Å². The summed E-state index contributed by atoms with van der Waals surface area (Å²) < 4.78 is 8.12. The monoisotopic (exact) mass is 350 g/mol. The predicted molar refractivity (Wildman–Crippen MR) is 85.3 cm³/mol. The van der Waals surface area contributed by atoms with Gasteiger partial charge >= 0.3 is 5.76 Å². The fraction of sp³-hybridized carbons (Fsp3) is 0.562. The van der Waals surface area contributed by atoms with Gasteiger partial charge in [-0.2, -0.15) is 0 Å². The number of benzene rings is 1. The third-order valence-electron chi connectivity index (χ3n) is 4.74. The van der Waals surface area contributed by atoms with E-state index in [0.717, 1.165) is 9.99 Å². The normalized spacial score (nSPS) is 19.9. The molecule has 0 atom stereocenters. The van der Waals surface area contributed by atoms with E-state index in [1.54, 1.807) is 4.57 Å². The number of hydrogen-bond donors (Lipinski definition) is 0. The summed E-state index contributed by atoms with van der Waals surface area (Å²) in [7, 11) is 0. The molecule has 2 aromatic rings. The molecule has 21 heavy (non-hydrogen) atoms. The molecule has 2 saturated carbocycles. The lowest BCUT2D eigenvalue weighted by Gasteiger charge is -2.28. The molecule has 5 heteroatoms. The highest BCUT2D eigenvalue weighted by atomic mass is 79.9. The molecule has 1 aromatic heterocycles. The first kappa shape index (κ1) is 13.6. The van der Waals surface area contributed by atoms with Crippen molar-refractivity contribution in [3.8, 4) is 0 Å². The topological polar surface area (TPSA) is 38.4 Å². The highest BCUT2D eigenvalue weighted by molar-refractivity contribution is 9.10. The van der Waals surface area contributed by atoms with Crippen LogP contribution in [0.15, 0.2) is 31.9 Å². The maximum Gasteiger partial charge on any atom is 0.421 e. The Morgan fingerprint density at radius 2 is 1.90 bits per heavy atom. The van der Waals surface area contributed by atoms with Gasteiger partial charge < -0.3 is 4.42 Å². The maximum absolute atomic E-state index is 12.2. The van der Waals surface area contributed by atoms with Crippen LogP contribution in [0.5, 0.6) is 0 Å². The molecule has 0 amide bonds. The van der Waals surface area contributed by atoms with Gasteiger partial charge in [-0.3, -0.25) is 9.47 Å². The van der Waals surface area contributed by atoms with E-state index in [2.05, 4.69) is 20.8 Å². The molecule has 4 nitrogen and oxygen atoms in total. The second-order valence-electron chi connectivity index (χ2n) is 6.23. The van der Waals surface area contributed by atoms with Crippen LogP contribution in [0.3, 0.4) is 0 Å². The molecule has 2 aliphatic rings. The van der Waals surface area contributed by atoms with Gasteiger partial charge in [0, 0.05) is 16.6 Å². The number of fused-ring (bicyclic) bond motifs is 1. The van der Waals surface area contributed by atoms with Gasteiger partial charge in [0.1, 0.15) is 0 Å². The van der Waals surface area contributed by atoms with E-state index < -0.39 is 0 Å². The van der Waals surface area contributed by atoms with Gasteiger partial charge in [-0.25, -0.2) is 4.79 Å². The Bertz CT molecular complexity index is 711. The molecule has 0 spiro atoms. The van der Waals surface area contributed by atoms with Gasteiger partial charge in [0.2, 0.25) is 0 Å². The average Bonchev–Trinajstić information content (AvgIpc) is 3.05. The van der Waals surface area contributed by atoms with Gasteiger partial charge in [0.25, 0.3) is 0 Å². The van der Waals surface area contributed by atoms with Crippen molar-refractivity contribution in [1.82, 2.24) is 9.47 Å². The summed E-state index contributed by atoms with van der Waals surface area (Å²) in [5.74, 6) is -0.244. The molecule has 0 saturated heterocycles. The lowest BCUT2D eigenvalue weighted by atomic mass is 10.2. The Kier molecular flexibility index (Phi) is 3.42. The van der Waals surface area contributed by atoms with Crippen molar-refractivity contribution in [1.29, 1.82) is 0 Å². The first-order valence-corrected chi connectivity index (χ1v) is 8.56. The van der Waals surface area contributed by atoms with Crippen LogP contribution in [0.2, 0.25) is 0 Å². The minimum absolute atomic E-state index is 0.244. The van der Waals surface area contributed by atoms with Crippen LogP contribution >= 0.6 is 15.9 Å². The molecule has 0 unspecified atom stereocenters. The second-order valence-corrected chi connectivity index (χ2v) is 7.15. The largest absolute Gasteiger partial charge is 0.421 e. The number of hydrogen-bond acceptors (Lipinski definition) is 3. The number of aromatic nitrogens is 1. The molecule has 112 valence electrons. The highest BCUT2D eigenvalue weighted by Gasteiger charge is 2.35. The van der Waals surface area contributed by atoms with E-state index in [1.807, 2.05) is 18.2 Å². The third kappa shape index (κ3) is 2.57. The molecule has 0 bridgehead atoms. The van der Waals surface area contributed by atoms with Crippen LogP contribution in [0.25, 0.3) is 11.1 Å². The average molecular weight is 351 g/mol. The zero-order chi connectivity index (χ0) is 14.4. The fourth-order valence-electron chi connectivity index (χ4n) is 3.51. The summed E-state index contributed by atoms with van der Waals surface area (Å²) in [6.07, 6.45) is 7.72. The van der Waals surface area contributed by atoms with Gasteiger partial charge in [0.05, 0.1) is 12.2 Å². The molecule has 0 aliphatic heterocycles. The summed E-state index contributed by atoms with van der Waals surface area (Å²) >= 11 is 3.42. The molecule has 2 fully saturated rings. The van der Waals surface area contributed by atoms with E-state index in [4.69, 9.17) is 4.42 Å². The Morgan fingerprint density at radius 3 is 2.62 bits per heavy atom. The zero-order valence-corrected chi connectivity index (χ0v) is 13.5. The van der Waals surface area contributed by atoms with Crippen LogP contribution in [0.1, 0.15) is 38.5 Å². The Hall–Kier alpha value is -1.07. The lowest BCUT2D eigenvalue weighted by Crippen LogP contribution is -2.38. The molecule has 1 heterocycles. The van der Waals surface area contributed by atoms with Gasteiger partial charge in [0.15, 0.2) is 5.58 Å². The minimum atomic E-state index is -0.244.